The monoisotopic (exact) mass is 627 g/mol. The molecular formula is C35H34FN3O5S. The summed E-state index contributed by atoms with van der Waals surface area (Å²) in [6.45, 7) is 7.38. The summed E-state index contributed by atoms with van der Waals surface area (Å²) < 4.78 is 50.7. The van der Waals surface area contributed by atoms with Crippen molar-refractivity contribution in [1.29, 1.82) is 0 Å². The number of allylic oxidation sites excluding steroid dienone is 1. The van der Waals surface area contributed by atoms with Crippen LogP contribution in [0.2, 0.25) is 0 Å². The average Bonchev–Trinajstić information content (AvgIpc) is 3.13. The normalized spacial score (nSPS) is 18.3. The predicted molar refractivity (Wildman–Crippen MR) is 171 cm³/mol. The number of hydrogen-bond acceptors (Lipinski definition) is 7. The second-order valence-electron chi connectivity index (χ2n) is 12.4. The van der Waals surface area contributed by atoms with E-state index < -0.39 is 33.0 Å². The predicted octanol–water partition coefficient (Wildman–Crippen LogP) is 6.99. The molecule has 0 bridgehead atoms. The Kier molecular flexibility index (Phi) is 7.64. The molecule has 232 valence electrons. The molecule has 0 spiro atoms. The Labute approximate surface area is 262 Å². The van der Waals surface area contributed by atoms with Crippen molar-refractivity contribution in [1.82, 2.24) is 4.98 Å². The largest absolute Gasteiger partial charge is 0.506 e. The maximum Gasteiger partial charge on any atom is 0.277 e. The van der Waals surface area contributed by atoms with Crippen LogP contribution in [0.1, 0.15) is 59.2 Å². The number of aryl methyl sites for hydroxylation is 2. The van der Waals surface area contributed by atoms with E-state index >= 15 is 4.39 Å². The zero-order valence-corrected chi connectivity index (χ0v) is 26.3. The molecule has 1 atom stereocenters. The molecular weight excluding hydrogens is 593 g/mol. The lowest BCUT2D eigenvalue weighted by Gasteiger charge is -2.37. The van der Waals surface area contributed by atoms with Gasteiger partial charge in [0, 0.05) is 23.0 Å². The number of carbonyl (C=O) groups excluding carboxylic acids is 1. The van der Waals surface area contributed by atoms with E-state index in [2.05, 4.69) is 10.3 Å². The van der Waals surface area contributed by atoms with Gasteiger partial charge in [-0.25, -0.2) is 17.8 Å². The van der Waals surface area contributed by atoms with Gasteiger partial charge in [-0.05, 0) is 67.1 Å². The minimum atomic E-state index is -4.06. The molecule has 8 nitrogen and oxygen atoms in total. The van der Waals surface area contributed by atoms with Gasteiger partial charge in [0.05, 0.1) is 16.3 Å². The van der Waals surface area contributed by atoms with Crippen LogP contribution in [0.15, 0.2) is 89.5 Å². The molecule has 4 aromatic rings. The van der Waals surface area contributed by atoms with Crippen LogP contribution in [-0.4, -0.2) is 30.2 Å². The molecule has 45 heavy (non-hydrogen) atoms. The number of nitrogens with one attached hydrogen (secondary N) is 1. The molecule has 1 aromatic heterocycles. The summed E-state index contributed by atoms with van der Waals surface area (Å²) in [6.07, 6.45) is 0.287. The van der Waals surface area contributed by atoms with Crippen LogP contribution in [0, 0.1) is 25.1 Å². The molecule has 3 aromatic carbocycles. The van der Waals surface area contributed by atoms with E-state index in [0.717, 1.165) is 5.56 Å². The summed E-state index contributed by atoms with van der Waals surface area (Å²) in [5.41, 5.74) is 2.11. The molecule has 2 aliphatic heterocycles. The quantitative estimate of drug-likeness (QED) is 0.230. The lowest BCUT2D eigenvalue weighted by atomic mass is 9.88. The van der Waals surface area contributed by atoms with Gasteiger partial charge in [0.1, 0.15) is 41.3 Å². The molecule has 2 N–H and O–H groups in total. The number of fused-ring (bicyclic) bond motifs is 1. The highest BCUT2D eigenvalue weighted by atomic mass is 32.2. The van der Waals surface area contributed by atoms with Crippen LogP contribution in [0.5, 0.6) is 11.5 Å². The average molecular weight is 628 g/mol. The van der Waals surface area contributed by atoms with Crippen molar-refractivity contribution in [3.63, 3.8) is 0 Å². The molecule has 6 rings (SSSR count). The summed E-state index contributed by atoms with van der Waals surface area (Å²) in [5.74, 6) is -1.51. The van der Waals surface area contributed by atoms with E-state index in [4.69, 9.17) is 4.74 Å². The van der Waals surface area contributed by atoms with Gasteiger partial charge in [0.25, 0.3) is 5.91 Å². The number of carbonyl (C=O) groups is 1. The molecule has 0 fully saturated rings. The number of nitrogens with zero attached hydrogens (tertiary/aromatic N) is 2. The maximum absolute atomic E-state index is 16.4. The maximum atomic E-state index is 16.4. The van der Waals surface area contributed by atoms with E-state index in [-0.39, 0.29) is 57.8 Å². The topological polar surface area (TPSA) is 109 Å². The third-order valence-corrected chi connectivity index (χ3v) is 10.4. The number of phenolic OH excluding ortho intramolecular Hbond substituents is 1. The Hall–Kier alpha value is -4.70. The van der Waals surface area contributed by atoms with Crippen molar-refractivity contribution < 1.29 is 27.4 Å². The number of ether oxygens (including phenoxy) is 1. The minimum Gasteiger partial charge on any atom is -0.506 e. The van der Waals surface area contributed by atoms with Gasteiger partial charge in [-0.15, -0.1) is 0 Å². The van der Waals surface area contributed by atoms with Gasteiger partial charge >= 0.3 is 0 Å². The van der Waals surface area contributed by atoms with Crippen LogP contribution in [0.3, 0.4) is 0 Å². The number of aromatic hydroxyl groups is 1. The lowest BCUT2D eigenvalue weighted by Crippen LogP contribution is -2.42. The van der Waals surface area contributed by atoms with Gasteiger partial charge in [0.15, 0.2) is 9.84 Å². The Balaban J connectivity index is 1.59. The summed E-state index contributed by atoms with van der Waals surface area (Å²) in [4.78, 5) is 20.1. The third-order valence-electron chi connectivity index (χ3n) is 8.09. The second-order valence-corrected chi connectivity index (χ2v) is 14.4. The molecule has 0 saturated heterocycles. The number of rotatable bonds is 5. The summed E-state index contributed by atoms with van der Waals surface area (Å²) in [6, 6.07) is 20.4. The Morgan fingerprint density at radius 3 is 2.53 bits per heavy atom. The van der Waals surface area contributed by atoms with Crippen LogP contribution in [0.25, 0.3) is 0 Å². The van der Waals surface area contributed by atoms with Gasteiger partial charge in [0.2, 0.25) is 0 Å². The van der Waals surface area contributed by atoms with E-state index in [1.807, 2.05) is 44.2 Å². The first-order valence-corrected chi connectivity index (χ1v) is 16.3. The number of hydrogen-bond donors (Lipinski definition) is 2. The number of aromatic nitrogens is 1. The Morgan fingerprint density at radius 1 is 1.07 bits per heavy atom. The number of sulfone groups is 1. The minimum absolute atomic E-state index is 0.0313. The highest BCUT2D eigenvalue weighted by Crippen LogP contribution is 2.53. The molecule has 1 unspecified atom stereocenters. The molecule has 2 aliphatic rings. The van der Waals surface area contributed by atoms with Crippen LogP contribution in [-0.2, 0) is 16.4 Å². The van der Waals surface area contributed by atoms with Crippen molar-refractivity contribution in [3.05, 3.63) is 123 Å². The van der Waals surface area contributed by atoms with Crippen molar-refractivity contribution in [2.45, 2.75) is 46.8 Å². The van der Waals surface area contributed by atoms with Gasteiger partial charge in [-0.2, -0.15) is 0 Å². The highest BCUT2D eigenvalue weighted by molar-refractivity contribution is 7.95. The van der Waals surface area contributed by atoms with Crippen molar-refractivity contribution in [2.24, 2.45) is 5.41 Å². The fraction of sp³-hybridized carbons (Fsp3) is 0.257. The molecule has 0 radical (unpaired) electrons. The molecule has 3 heterocycles. The smallest absolute Gasteiger partial charge is 0.277 e. The number of halogens is 1. The number of benzene rings is 3. The SMILES string of the molecule is Cc1cccc(C(=O)N2c3c(C)ccc(O)c3NC3=C(C2c2ccc(OCc4ccccc4)cc2F)S(=O)(=O)CC(C)(C)C3)n1. The summed E-state index contributed by atoms with van der Waals surface area (Å²) >= 11 is 0. The summed E-state index contributed by atoms with van der Waals surface area (Å²) in [5, 5.41) is 14.3. The van der Waals surface area contributed by atoms with E-state index in [9.17, 15) is 18.3 Å². The molecule has 1 amide bonds. The van der Waals surface area contributed by atoms with Crippen LogP contribution >= 0.6 is 0 Å². The molecule has 0 aliphatic carbocycles. The lowest BCUT2D eigenvalue weighted by molar-refractivity contribution is 0.0975. The fourth-order valence-electron chi connectivity index (χ4n) is 6.20. The first kappa shape index (κ1) is 30.3. The van der Waals surface area contributed by atoms with E-state index in [1.54, 1.807) is 38.1 Å². The van der Waals surface area contributed by atoms with Crippen molar-refractivity contribution in [3.8, 4) is 11.5 Å². The first-order chi connectivity index (χ1) is 21.3. The highest BCUT2D eigenvalue weighted by Gasteiger charge is 2.48. The standard InChI is InChI=1S/C35H34FN3O5S/c1-21-13-16-29(40)30-31(21)39(34(41)27-12-8-9-22(2)37-27)32(33-28(38-30)18-35(3,4)20-45(33,42)43)25-15-14-24(17-26(25)36)44-19-23-10-6-5-7-11-23/h5-17,32,38,40H,18-20H2,1-4H3. The van der Waals surface area contributed by atoms with Crippen LogP contribution < -0.4 is 15.0 Å². The number of anilines is 2. The van der Waals surface area contributed by atoms with E-state index in [0.29, 0.717) is 17.0 Å². The third kappa shape index (κ3) is 5.78. The number of phenols is 1. The van der Waals surface area contributed by atoms with Crippen molar-refractivity contribution >= 4 is 27.1 Å². The van der Waals surface area contributed by atoms with Crippen LogP contribution in [0.4, 0.5) is 15.8 Å². The molecule has 0 saturated carbocycles. The zero-order chi connectivity index (χ0) is 32.1. The Bertz CT molecular complexity index is 1960. The fourth-order valence-corrected chi connectivity index (χ4v) is 8.56. The summed E-state index contributed by atoms with van der Waals surface area (Å²) in [7, 11) is -4.06. The van der Waals surface area contributed by atoms with Gasteiger partial charge in [-0.1, -0.05) is 56.3 Å². The van der Waals surface area contributed by atoms with Gasteiger partial charge < -0.3 is 15.2 Å². The number of amides is 1. The van der Waals surface area contributed by atoms with Gasteiger partial charge in [-0.3, -0.25) is 9.69 Å². The Morgan fingerprint density at radius 2 is 1.82 bits per heavy atom. The first-order valence-electron chi connectivity index (χ1n) is 14.6. The number of pyridine rings is 1. The van der Waals surface area contributed by atoms with Crippen molar-refractivity contribution in [2.75, 3.05) is 16.0 Å². The van der Waals surface area contributed by atoms with E-state index in [1.165, 1.54) is 29.2 Å². The molecule has 10 heteroatoms. The zero-order valence-electron chi connectivity index (χ0n) is 25.5. The second kappa shape index (κ2) is 11.3.